The number of pyridine rings is 2. The number of hydrogen-bond donors (Lipinski definition) is 4. The van der Waals surface area contributed by atoms with Gasteiger partial charge in [-0.2, -0.15) is 0 Å². The summed E-state index contributed by atoms with van der Waals surface area (Å²) in [7, 11) is -2.69. The highest BCUT2D eigenvalue weighted by Crippen LogP contribution is 2.34. The van der Waals surface area contributed by atoms with Crippen LogP contribution >= 0.6 is 46.4 Å². The summed E-state index contributed by atoms with van der Waals surface area (Å²) < 4.78 is 25.0. The van der Waals surface area contributed by atoms with Crippen molar-refractivity contribution in [3.05, 3.63) is 113 Å². The molecule has 0 radical (unpaired) electrons. The number of alkyl halides is 3. The van der Waals surface area contributed by atoms with Crippen molar-refractivity contribution in [3.63, 3.8) is 0 Å². The van der Waals surface area contributed by atoms with E-state index in [9.17, 15) is 23.1 Å². The first-order chi connectivity index (χ1) is 21.2. The number of aromatic nitrogens is 2. The molecule has 0 spiro atoms. The van der Waals surface area contributed by atoms with E-state index in [-0.39, 0.29) is 27.5 Å². The lowest BCUT2D eigenvalue weighted by Gasteiger charge is -2.28. The van der Waals surface area contributed by atoms with Gasteiger partial charge in [0.1, 0.15) is 17.2 Å². The van der Waals surface area contributed by atoms with Crippen molar-refractivity contribution in [2.45, 2.75) is 16.1 Å². The van der Waals surface area contributed by atoms with Gasteiger partial charge < -0.3 is 20.8 Å². The Balaban J connectivity index is 0.000000225. The van der Waals surface area contributed by atoms with Crippen molar-refractivity contribution >= 4 is 91.4 Å². The van der Waals surface area contributed by atoms with E-state index in [1.54, 1.807) is 48.5 Å². The number of carboxylic acids is 1. The largest absolute Gasteiger partial charge is 0.505 e. The van der Waals surface area contributed by atoms with Gasteiger partial charge in [-0.25, -0.2) is 23.2 Å². The number of aliphatic hydroxyl groups excluding tert-OH is 1. The van der Waals surface area contributed by atoms with E-state index >= 15 is 0 Å². The first kappa shape index (κ1) is 35.4. The Kier molecular flexibility index (Phi) is 12.4. The number of carboxylic acid groups (broad SMARTS) is 1. The number of anilines is 3. The van der Waals surface area contributed by atoms with Gasteiger partial charge in [-0.1, -0.05) is 70.7 Å². The smallest absolute Gasteiger partial charge is 0.339 e. The van der Waals surface area contributed by atoms with Crippen molar-refractivity contribution in [2.24, 2.45) is 0 Å². The topological polar surface area (TPSA) is 162 Å². The van der Waals surface area contributed by atoms with Crippen LogP contribution in [0.15, 0.2) is 95.8 Å². The summed E-state index contributed by atoms with van der Waals surface area (Å²) in [5.74, 6) is -1.63. The van der Waals surface area contributed by atoms with Gasteiger partial charge in [-0.3, -0.25) is 9.10 Å². The predicted molar refractivity (Wildman–Crippen MR) is 176 cm³/mol. The summed E-state index contributed by atoms with van der Waals surface area (Å²) in [6.07, 6.45) is 3.02. The van der Waals surface area contributed by atoms with Crippen LogP contribution in [-0.4, -0.2) is 56.1 Å². The van der Waals surface area contributed by atoms with Crippen LogP contribution < -0.4 is 10.6 Å². The molecule has 0 saturated carbocycles. The second-order valence-electron chi connectivity index (χ2n) is 8.82. The van der Waals surface area contributed by atoms with E-state index in [0.29, 0.717) is 10.8 Å². The van der Waals surface area contributed by atoms with E-state index in [1.807, 2.05) is 13.0 Å². The summed E-state index contributed by atoms with van der Waals surface area (Å²) in [6.45, 7) is 1.86. The van der Waals surface area contributed by atoms with E-state index in [0.717, 1.165) is 15.6 Å². The van der Waals surface area contributed by atoms with Crippen LogP contribution in [0.3, 0.4) is 0 Å². The molecule has 16 heteroatoms. The minimum Gasteiger partial charge on any atom is -0.505 e. The standard InChI is InChI=1S/C15H13N3O4S.C13H11ClN2O2.CHCl3/c1-18-13(15(20)17-12-8-4-5-9-16-12)14(19)10-6-2-3-7-11(10)23(18,21)22;1-8-10(14)5-2-6-11(8)16-12-9(13(17)18)4-3-7-15-12;2-1(3)4/h2-9,19H,1H3,(H,16,17,20);2-7H,1H3,(H,15,16)(H,17,18);1H. The van der Waals surface area contributed by atoms with Crippen molar-refractivity contribution in [2.75, 3.05) is 17.7 Å². The highest BCUT2D eigenvalue weighted by atomic mass is 35.6. The SMILES string of the molecule is CN1C(C(=O)Nc2ccccn2)=C(O)c2ccccc2S1(=O)=O.Cc1c(Cl)cccc1Nc1ncccc1C(=O)O.ClC(Cl)Cl. The minimum absolute atomic E-state index is 0.0469. The molecule has 45 heavy (non-hydrogen) atoms. The number of aliphatic hydroxyl groups is 1. The van der Waals surface area contributed by atoms with E-state index < -0.39 is 32.0 Å². The summed E-state index contributed by atoms with van der Waals surface area (Å²) in [4.78, 5) is 31.4. The fourth-order valence-electron chi connectivity index (χ4n) is 3.84. The fraction of sp³-hybridized carbons (Fsp3) is 0.103. The number of halogens is 4. The predicted octanol–water partition coefficient (Wildman–Crippen LogP) is 7.05. The van der Waals surface area contributed by atoms with Crippen LogP contribution in [0.25, 0.3) is 5.76 Å². The zero-order valence-electron chi connectivity index (χ0n) is 23.4. The van der Waals surface area contributed by atoms with Crippen molar-refractivity contribution < 1.29 is 28.2 Å². The quantitative estimate of drug-likeness (QED) is 0.159. The monoisotopic (exact) mass is 711 g/mol. The molecule has 1 aliphatic heterocycles. The molecule has 11 nitrogen and oxygen atoms in total. The minimum atomic E-state index is -3.91. The van der Waals surface area contributed by atoms with Crippen molar-refractivity contribution in [1.82, 2.24) is 14.3 Å². The lowest BCUT2D eigenvalue weighted by molar-refractivity contribution is -0.113. The lowest BCUT2D eigenvalue weighted by Crippen LogP contribution is -2.37. The number of nitrogens with one attached hydrogen (secondary N) is 2. The molecule has 0 aliphatic carbocycles. The molecular weight excluding hydrogens is 688 g/mol. The number of amides is 1. The summed E-state index contributed by atoms with van der Waals surface area (Å²) in [5.41, 5.74) is 1.45. The first-order valence-corrected chi connectivity index (χ1v) is 15.7. The first-order valence-electron chi connectivity index (χ1n) is 12.6. The van der Waals surface area contributed by atoms with Crippen LogP contribution in [0.2, 0.25) is 5.02 Å². The molecule has 4 aromatic rings. The average Bonchev–Trinajstić information content (AvgIpc) is 2.99. The van der Waals surface area contributed by atoms with Gasteiger partial charge in [-0.05, 0) is 61.0 Å². The zero-order valence-corrected chi connectivity index (χ0v) is 27.3. The van der Waals surface area contributed by atoms with Gasteiger partial charge in [0.25, 0.3) is 15.9 Å². The molecule has 3 heterocycles. The van der Waals surface area contributed by atoms with E-state index in [4.69, 9.17) is 51.5 Å². The van der Waals surface area contributed by atoms with Gasteiger partial charge in [0.2, 0.25) is 0 Å². The van der Waals surface area contributed by atoms with Gasteiger partial charge in [0.15, 0.2) is 15.8 Å². The molecule has 0 bridgehead atoms. The second-order valence-corrected chi connectivity index (χ2v) is 13.1. The number of carbonyl (C=O) groups excluding carboxylic acids is 1. The molecule has 2 aromatic heterocycles. The summed E-state index contributed by atoms with van der Waals surface area (Å²) >= 11 is 20.4. The Labute approximate surface area is 279 Å². The molecule has 0 saturated heterocycles. The Morgan fingerprint density at radius 2 is 1.56 bits per heavy atom. The molecule has 5 rings (SSSR count). The van der Waals surface area contributed by atoms with Crippen LogP contribution in [0.1, 0.15) is 21.5 Å². The lowest BCUT2D eigenvalue weighted by atomic mass is 10.1. The molecule has 0 atom stereocenters. The molecule has 1 amide bonds. The van der Waals surface area contributed by atoms with Crippen LogP contribution in [0.4, 0.5) is 17.3 Å². The number of fused-ring (bicyclic) bond motifs is 1. The van der Waals surface area contributed by atoms with E-state index in [1.165, 1.54) is 37.6 Å². The number of hydrogen-bond acceptors (Lipinski definition) is 8. The highest BCUT2D eigenvalue weighted by Gasteiger charge is 2.37. The van der Waals surface area contributed by atoms with Crippen LogP contribution in [0, 0.1) is 6.92 Å². The third-order valence-corrected chi connectivity index (χ3v) is 8.23. The normalized spacial score (nSPS) is 13.0. The number of aromatic carboxylic acids is 1. The molecule has 0 fully saturated rings. The Morgan fingerprint density at radius 1 is 0.911 bits per heavy atom. The number of carbonyl (C=O) groups is 2. The number of sulfonamides is 1. The third-order valence-electron chi connectivity index (χ3n) is 6.00. The molecule has 0 unspecified atom stereocenters. The number of rotatable bonds is 5. The Bertz CT molecular complexity index is 1820. The second kappa shape index (κ2) is 15.8. The van der Waals surface area contributed by atoms with Crippen LogP contribution in [0.5, 0.6) is 0 Å². The van der Waals surface area contributed by atoms with Gasteiger partial charge >= 0.3 is 5.97 Å². The van der Waals surface area contributed by atoms with Gasteiger partial charge in [-0.15, -0.1) is 0 Å². The maximum Gasteiger partial charge on any atom is 0.339 e. The zero-order chi connectivity index (χ0) is 33.3. The highest BCUT2D eigenvalue weighted by molar-refractivity contribution is 7.89. The van der Waals surface area contributed by atoms with Crippen molar-refractivity contribution in [1.29, 1.82) is 0 Å². The van der Waals surface area contributed by atoms with E-state index in [2.05, 4.69) is 20.6 Å². The average molecular weight is 713 g/mol. The molecule has 1 aliphatic rings. The van der Waals surface area contributed by atoms with Crippen LogP contribution in [-0.2, 0) is 14.8 Å². The summed E-state index contributed by atoms with van der Waals surface area (Å²) in [5, 5.41) is 25.5. The van der Waals surface area contributed by atoms with Crippen molar-refractivity contribution in [3.8, 4) is 0 Å². The van der Waals surface area contributed by atoms with Gasteiger partial charge in [0.05, 0.1) is 4.90 Å². The number of nitrogens with zero attached hydrogens (tertiary/aromatic N) is 3. The summed E-state index contributed by atoms with van der Waals surface area (Å²) in [6, 6.07) is 19.3. The number of likely N-dealkylation sites (N-methyl/N-ethyl adjacent to an activating group) is 1. The Hall–Kier alpha value is -4.07. The molecule has 236 valence electrons. The molecular formula is C29H25Cl4N5O6S. The molecule has 2 aromatic carbocycles. The maximum absolute atomic E-state index is 12.5. The van der Waals surface area contributed by atoms with Gasteiger partial charge in [0, 0.05) is 35.7 Å². The fourth-order valence-corrected chi connectivity index (χ4v) is 5.41. The Morgan fingerprint density at radius 3 is 2.20 bits per heavy atom. The maximum atomic E-state index is 12.5. The molecule has 4 N–H and O–H groups in total. The third kappa shape index (κ3) is 8.99. The number of benzene rings is 2.